The highest BCUT2D eigenvalue weighted by Crippen LogP contribution is 2.27. The van der Waals surface area contributed by atoms with Crippen LogP contribution in [0.3, 0.4) is 0 Å². The van der Waals surface area contributed by atoms with Gasteiger partial charge in [0.15, 0.2) is 6.23 Å². The fourth-order valence-corrected chi connectivity index (χ4v) is 2.50. The Labute approximate surface area is 161 Å². The van der Waals surface area contributed by atoms with Crippen LogP contribution >= 0.6 is 15.9 Å². The maximum absolute atomic E-state index is 11.5. The number of nitrogens with two attached hydrogens (primary N) is 1. The van der Waals surface area contributed by atoms with Crippen LogP contribution in [0.15, 0.2) is 17.1 Å². The normalized spacial score (nSPS) is 28.0. The molecule has 1 aliphatic rings. The topological polar surface area (TPSA) is 209 Å². The molecule has 1 aromatic heterocycles. The maximum atomic E-state index is 11.5. The quantitative estimate of drug-likeness (QED) is 0.165. The molecule has 0 aromatic carbocycles. The zero-order valence-electron chi connectivity index (χ0n) is 13.9. The van der Waals surface area contributed by atoms with E-state index in [4.69, 9.17) is 30.9 Å². The number of aliphatic hydroxyl groups excluding tert-OH is 6. The van der Waals surface area contributed by atoms with E-state index < -0.39 is 54.1 Å². The van der Waals surface area contributed by atoms with Crippen molar-refractivity contribution in [2.24, 2.45) is 0 Å². The Hall–Kier alpha value is -1.45. The Balaban J connectivity index is 0.000000314. The third-order valence-corrected chi connectivity index (χ3v) is 4.20. The van der Waals surface area contributed by atoms with E-state index >= 15 is 0 Å². The van der Waals surface area contributed by atoms with Crippen LogP contribution in [0.5, 0.6) is 0 Å². The minimum absolute atomic E-state index is 0.0537. The van der Waals surface area contributed by atoms with Crippen molar-refractivity contribution >= 4 is 28.0 Å². The summed E-state index contributed by atoms with van der Waals surface area (Å²) < 4.78 is 6.19. The lowest BCUT2D eigenvalue weighted by Crippen LogP contribution is -2.36. The number of alkyl halides is 1. The molecule has 12 nitrogen and oxygen atoms in total. The van der Waals surface area contributed by atoms with Gasteiger partial charge in [-0.2, -0.15) is 4.98 Å². The second-order valence-electron chi connectivity index (χ2n) is 5.60. The SMILES string of the molecule is Nc1ccn([C@@H]2O[C@H](CO)[C@@H](O)[C@H]2O)c(=O)n1.O=CCC(O)C(O)C(O)Br. The zero-order chi connectivity index (χ0) is 20.7. The van der Waals surface area contributed by atoms with Crippen molar-refractivity contribution < 1.29 is 40.2 Å². The van der Waals surface area contributed by atoms with E-state index in [2.05, 4.69) is 20.9 Å². The lowest BCUT2D eigenvalue weighted by atomic mass is 10.1. The molecule has 1 aliphatic heterocycles. The largest absolute Gasteiger partial charge is 0.394 e. The molecule has 3 unspecified atom stereocenters. The number of nitrogen functional groups attached to an aromatic ring is 1. The van der Waals surface area contributed by atoms with E-state index in [-0.39, 0.29) is 12.2 Å². The van der Waals surface area contributed by atoms with Gasteiger partial charge in [-0.05, 0) is 6.07 Å². The summed E-state index contributed by atoms with van der Waals surface area (Å²) in [6.45, 7) is -0.453. The fraction of sp³-hybridized carbons (Fsp3) is 0.643. The van der Waals surface area contributed by atoms with Crippen molar-refractivity contribution in [3.63, 3.8) is 0 Å². The minimum Gasteiger partial charge on any atom is -0.394 e. The Bertz CT molecular complexity index is 659. The predicted octanol–water partition coefficient (Wildman–Crippen LogP) is -3.55. The molecule has 8 N–H and O–H groups in total. The molecule has 0 saturated carbocycles. The van der Waals surface area contributed by atoms with Gasteiger partial charge in [0.2, 0.25) is 0 Å². The van der Waals surface area contributed by atoms with Gasteiger partial charge in [-0.25, -0.2) is 4.79 Å². The number of anilines is 1. The molecule has 1 fully saturated rings. The smallest absolute Gasteiger partial charge is 0.351 e. The Kier molecular flexibility index (Phi) is 9.41. The molecule has 1 aromatic rings. The summed E-state index contributed by atoms with van der Waals surface area (Å²) in [5.41, 5.74) is 4.63. The number of hydrogen-bond donors (Lipinski definition) is 7. The minimum atomic E-state index is -1.31. The predicted molar refractivity (Wildman–Crippen MR) is 93.5 cm³/mol. The molecule has 0 bridgehead atoms. The van der Waals surface area contributed by atoms with Crippen LogP contribution in [-0.2, 0) is 9.53 Å². The monoisotopic (exact) mass is 455 g/mol. The summed E-state index contributed by atoms with van der Waals surface area (Å²) in [6.07, 6.45) is -5.48. The molecule has 2 rings (SSSR count). The highest BCUT2D eigenvalue weighted by molar-refractivity contribution is 9.09. The van der Waals surface area contributed by atoms with Crippen LogP contribution < -0.4 is 11.4 Å². The van der Waals surface area contributed by atoms with E-state index in [1.807, 2.05) is 0 Å². The van der Waals surface area contributed by atoms with Crippen molar-refractivity contribution in [2.45, 2.75) is 48.2 Å². The van der Waals surface area contributed by atoms with E-state index in [0.29, 0.717) is 6.29 Å². The van der Waals surface area contributed by atoms with Gasteiger partial charge in [-0.1, -0.05) is 15.9 Å². The van der Waals surface area contributed by atoms with Crippen LogP contribution in [0.25, 0.3) is 0 Å². The second kappa shape index (κ2) is 10.8. The number of halogens is 1. The van der Waals surface area contributed by atoms with Crippen molar-refractivity contribution in [1.82, 2.24) is 9.55 Å². The molecule has 1 saturated heterocycles. The summed E-state index contributed by atoms with van der Waals surface area (Å²) in [5.74, 6) is 0.0537. The molecule has 0 aliphatic carbocycles. The summed E-state index contributed by atoms with van der Waals surface area (Å²) in [4.78, 5) is 24.8. The number of hydrogen-bond acceptors (Lipinski definition) is 11. The van der Waals surface area contributed by atoms with Crippen LogP contribution in [0.2, 0.25) is 0 Å². The van der Waals surface area contributed by atoms with E-state index in [0.717, 1.165) is 4.57 Å². The lowest BCUT2D eigenvalue weighted by Gasteiger charge is -2.16. The van der Waals surface area contributed by atoms with Crippen molar-refractivity contribution in [3.05, 3.63) is 22.7 Å². The maximum Gasteiger partial charge on any atom is 0.351 e. The molecule has 0 spiro atoms. The molecule has 154 valence electrons. The summed E-state index contributed by atoms with van der Waals surface area (Å²) in [5, 5.41) is 53.2. The highest BCUT2D eigenvalue weighted by atomic mass is 79.9. The van der Waals surface area contributed by atoms with E-state index in [1.165, 1.54) is 12.3 Å². The van der Waals surface area contributed by atoms with Gasteiger partial charge in [-0.3, -0.25) is 4.57 Å². The molecule has 27 heavy (non-hydrogen) atoms. The first kappa shape index (κ1) is 23.6. The first-order valence-corrected chi connectivity index (χ1v) is 8.64. The van der Waals surface area contributed by atoms with Gasteiger partial charge in [0.1, 0.15) is 41.5 Å². The van der Waals surface area contributed by atoms with E-state index in [1.54, 1.807) is 0 Å². The van der Waals surface area contributed by atoms with Crippen LogP contribution in [0, 0.1) is 0 Å². The van der Waals surface area contributed by atoms with E-state index in [9.17, 15) is 19.8 Å². The number of carbonyl (C=O) groups is 1. The average Bonchev–Trinajstić information content (AvgIpc) is 2.90. The number of nitrogens with zero attached hydrogens (tertiary/aromatic N) is 2. The first-order chi connectivity index (χ1) is 12.6. The fourth-order valence-electron chi connectivity index (χ4n) is 2.15. The average molecular weight is 456 g/mol. The van der Waals surface area contributed by atoms with Gasteiger partial charge in [-0.15, -0.1) is 0 Å². The number of aldehydes is 1. The molecule has 0 amide bonds. The number of aliphatic hydroxyl groups is 6. The molecule has 2 heterocycles. The highest BCUT2D eigenvalue weighted by Gasteiger charge is 2.43. The summed E-state index contributed by atoms with van der Waals surface area (Å²) in [6, 6.07) is 1.37. The molecular formula is C14H22BrN3O9. The standard InChI is InChI=1S/C9H13N3O5.C5H9BrO4/c10-5-1-2-12(9(16)11-5)8-7(15)6(14)4(3-13)17-8;6-5(10)4(9)3(8)1-2-7/h1-2,4,6-8,13-15H,3H2,(H2,10,11,16);2-5,8-10H,1H2/t4-,6-,7-,8-;/m1./s1. The Morgan fingerprint density at radius 2 is 1.96 bits per heavy atom. The number of carbonyl (C=O) groups excluding carboxylic acids is 1. The van der Waals surface area contributed by atoms with Crippen molar-refractivity contribution in [2.75, 3.05) is 12.3 Å². The Morgan fingerprint density at radius 1 is 1.33 bits per heavy atom. The Morgan fingerprint density at radius 3 is 2.41 bits per heavy atom. The van der Waals surface area contributed by atoms with Gasteiger partial charge in [0.05, 0.1) is 12.7 Å². The third-order valence-electron chi connectivity index (χ3n) is 3.66. The zero-order valence-corrected chi connectivity index (χ0v) is 15.5. The number of rotatable bonds is 6. The van der Waals surface area contributed by atoms with Crippen molar-refractivity contribution in [1.29, 1.82) is 0 Å². The van der Waals surface area contributed by atoms with Crippen LogP contribution in [-0.4, -0.2) is 88.6 Å². The third kappa shape index (κ3) is 6.29. The summed E-state index contributed by atoms with van der Waals surface area (Å²) in [7, 11) is 0. The molecule has 7 atom stereocenters. The van der Waals surface area contributed by atoms with Gasteiger partial charge >= 0.3 is 5.69 Å². The van der Waals surface area contributed by atoms with Crippen LogP contribution in [0.4, 0.5) is 5.82 Å². The number of ether oxygens (including phenoxy) is 1. The summed E-state index contributed by atoms with van der Waals surface area (Å²) >= 11 is 2.64. The molecular weight excluding hydrogens is 434 g/mol. The van der Waals surface area contributed by atoms with Crippen LogP contribution in [0.1, 0.15) is 12.6 Å². The number of aromatic nitrogens is 2. The second-order valence-corrected chi connectivity index (χ2v) is 6.54. The lowest BCUT2D eigenvalue weighted by molar-refractivity contribution is -0.112. The van der Waals surface area contributed by atoms with Gasteiger partial charge < -0.3 is 45.9 Å². The molecule has 13 heteroatoms. The van der Waals surface area contributed by atoms with Gasteiger partial charge in [0, 0.05) is 12.6 Å². The first-order valence-electron chi connectivity index (χ1n) is 7.73. The van der Waals surface area contributed by atoms with Gasteiger partial charge in [0.25, 0.3) is 0 Å². The van der Waals surface area contributed by atoms with Crippen molar-refractivity contribution in [3.8, 4) is 0 Å². The molecule has 0 radical (unpaired) electrons.